The van der Waals surface area contributed by atoms with Crippen molar-refractivity contribution in [2.45, 2.75) is 25.8 Å². The highest BCUT2D eigenvalue weighted by Gasteiger charge is 2.14. The number of carbonyl (C=O) groups is 1. The first-order valence-corrected chi connectivity index (χ1v) is 9.21. The summed E-state index contributed by atoms with van der Waals surface area (Å²) in [7, 11) is 0. The number of hydrogen-bond donors (Lipinski definition) is 0. The van der Waals surface area contributed by atoms with Crippen molar-refractivity contribution in [3.63, 3.8) is 0 Å². The summed E-state index contributed by atoms with van der Waals surface area (Å²) in [5.74, 6) is 1.41. The van der Waals surface area contributed by atoms with Crippen molar-refractivity contribution >= 4 is 28.8 Å². The van der Waals surface area contributed by atoms with Gasteiger partial charge in [0.15, 0.2) is 0 Å². The minimum Gasteiger partial charge on any atom is -0.459 e. The topological polar surface area (TPSA) is 44.1 Å². The molecule has 1 aromatic heterocycles. The van der Waals surface area contributed by atoms with E-state index in [9.17, 15) is 4.79 Å². The largest absolute Gasteiger partial charge is 0.459 e. The van der Waals surface area contributed by atoms with Crippen LogP contribution in [0.3, 0.4) is 0 Å². The molecule has 3 aromatic rings. The van der Waals surface area contributed by atoms with Crippen LogP contribution in [-0.4, -0.2) is 21.8 Å². The highest BCUT2D eigenvalue weighted by atomic mass is 32.2. The molecule has 1 heterocycles. The molecule has 4 nitrogen and oxygen atoms in total. The van der Waals surface area contributed by atoms with Gasteiger partial charge in [0.1, 0.15) is 19.0 Å². The number of aryl methyl sites for hydroxylation is 1. The number of aromatic nitrogens is 2. The van der Waals surface area contributed by atoms with Gasteiger partial charge < -0.3 is 9.30 Å². The Morgan fingerprint density at radius 2 is 1.92 bits per heavy atom. The number of thioether (sulfide) groups is 1. The average molecular weight is 340 g/mol. The second-order valence-corrected chi connectivity index (χ2v) is 6.55. The van der Waals surface area contributed by atoms with Gasteiger partial charge in [-0.2, -0.15) is 11.8 Å². The Morgan fingerprint density at radius 1 is 1.17 bits per heavy atom. The van der Waals surface area contributed by atoms with E-state index in [1.807, 2.05) is 66.3 Å². The van der Waals surface area contributed by atoms with Crippen LogP contribution in [0.4, 0.5) is 0 Å². The summed E-state index contributed by atoms with van der Waals surface area (Å²) in [6, 6.07) is 15.9. The molecule has 5 heteroatoms. The zero-order chi connectivity index (χ0) is 16.9. The molecule has 0 radical (unpaired) electrons. The molecule has 0 saturated carbocycles. The number of fused-ring (bicyclic) bond motifs is 1. The lowest BCUT2D eigenvalue weighted by molar-refractivity contribution is -0.145. The summed E-state index contributed by atoms with van der Waals surface area (Å²) >= 11 is 1.69. The summed E-state index contributed by atoms with van der Waals surface area (Å²) in [4.78, 5) is 16.9. The van der Waals surface area contributed by atoms with Gasteiger partial charge in [0.05, 0.1) is 16.8 Å². The molecular formula is C19H20N2O2S. The van der Waals surface area contributed by atoms with Crippen molar-refractivity contribution in [2.75, 3.05) is 6.26 Å². The number of imidazole rings is 1. The molecule has 3 rings (SSSR count). The van der Waals surface area contributed by atoms with Crippen LogP contribution in [0.1, 0.15) is 17.0 Å². The van der Waals surface area contributed by atoms with Gasteiger partial charge in [-0.05, 0) is 30.9 Å². The number of benzene rings is 2. The van der Waals surface area contributed by atoms with Crippen LogP contribution in [0, 0.1) is 6.92 Å². The first-order chi connectivity index (χ1) is 11.7. The van der Waals surface area contributed by atoms with Crippen molar-refractivity contribution in [3.8, 4) is 0 Å². The molecule has 24 heavy (non-hydrogen) atoms. The molecule has 0 fully saturated rings. The minimum absolute atomic E-state index is 0.183. The number of esters is 1. The third kappa shape index (κ3) is 3.79. The van der Waals surface area contributed by atoms with Crippen molar-refractivity contribution < 1.29 is 9.53 Å². The molecule has 0 N–H and O–H groups in total. The fourth-order valence-electron chi connectivity index (χ4n) is 2.56. The van der Waals surface area contributed by atoms with E-state index in [1.54, 1.807) is 11.8 Å². The van der Waals surface area contributed by atoms with E-state index in [-0.39, 0.29) is 12.5 Å². The van der Waals surface area contributed by atoms with E-state index < -0.39 is 0 Å². The fraction of sp³-hybridized carbons (Fsp3) is 0.263. The van der Waals surface area contributed by atoms with E-state index in [1.165, 1.54) is 5.56 Å². The van der Waals surface area contributed by atoms with Crippen LogP contribution in [-0.2, 0) is 28.4 Å². The number of ether oxygens (including phenoxy) is 1. The molecule has 0 aliphatic carbocycles. The second-order valence-electron chi connectivity index (χ2n) is 5.68. The number of nitrogens with zero attached hydrogens (tertiary/aromatic N) is 2. The first kappa shape index (κ1) is 16.6. The van der Waals surface area contributed by atoms with Crippen molar-refractivity contribution in [3.05, 3.63) is 65.5 Å². The highest BCUT2D eigenvalue weighted by Crippen LogP contribution is 2.19. The Kier molecular flexibility index (Phi) is 5.20. The lowest BCUT2D eigenvalue weighted by Gasteiger charge is -2.09. The molecule has 0 amide bonds. The van der Waals surface area contributed by atoms with Gasteiger partial charge in [0.25, 0.3) is 0 Å². The van der Waals surface area contributed by atoms with Gasteiger partial charge >= 0.3 is 5.97 Å². The Morgan fingerprint density at radius 3 is 2.67 bits per heavy atom. The fourth-order valence-corrected chi connectivity index (χ4v) is 3.04. The monoisotopic (exact) mass is 340 g/mol. The molecule has 0 atom stereocenters. The SMILES string of the molecule is CSCc1nc2ccccc2n1CC(=O)OCc1ccc(C)cc1. The molecule has 0 aliphatic rings. The maximum atomic E-state index is 12.3. The Bertz CT molecular complexity index is 840. The number of para-hydroxylation sites is 2. The number of carbonyl (C=O) groups excluding carboxylic acids is 1. The summed E-state index contributed by atoms with van der Waals surface area (Å²) < 4.78 is 7.38. The van der Waals surface area contributed by atoms with Gasteiger partial charge in [-0.15, -0.1) is 0 Å². The maximum absolute atomic E-state index is 12.3. The summed E-state index contributed by atoms with van der Waals surface area (Å²) in [5, 5.41) is 0. The third-order valence-electron chi connectivity index (χ3n) is 3.81. The molecule has 0 unspecified atom stereocenters. The van der Waals surface area contributed by atoms with Crippen LogP contribution in [0.25, 0.3) is 11.0 Å². The van der Waals surface area contributed by atoms with Crippen LogP contribution in [0.5, 0.6) is 0 Å². The standard InChI is InChI=1S/C19H20N2O2S/c1-14-7-9-15(10-8-14)12-23-19(22)11-21-17-6-4-3-5-16(17)20-18(21)13-24-2/h3-10H,11-13H2,1-2H3. The van der Waals surface area contributed by atoms with Gasteiger partial charge in [-0.25, -0.2) is 4.98 Å². The Balaban J connectivity index is 1.72. The van der Waals surface area contributed by atoms with E-state index >= 15 is 0 Å². The lowest BCUT2D eigenvalue weighted by Crippen LogP contribution is -2.15. The summed E-state index contributed by atoms with van der Waals surface area (Å²) in [6.07, 6.45) is 2.03. The molecule has 0 bridgehead atoms. The quantitative estimate of drug-likeness (QED) is 0.637. The van der Waals surface area contributed by atoms with Gasteiger partial charge in [0.2, 0.25) is 0 Å². The predicted molar refractivity (Wildman–Crippen MR) is 97.9 cm³/mol. The van der Waals surface area contributed by atoms with Crippen LogP contribution >= 0.6 is 11.8 Å². The zero-order valence-corrected chi connectivity index (χ0v) is 14.7. The maximum Gasteiger partial charge on any atom is 0.326 e. The van der Waals surface area contributed by atoms with Gasteiger partial charge in [-0.3, -0.25) is 4.79 Å². The van der Waals surface area contributed by atoms with E-state index in [0.29, 0.717) is 6.61 Å². The second kappa shape index (κ2) is 7.53. The molecule has 0 aliphatic heterocycles. The molecular weight excluding hydrogens is 320 g/mol. The van der Waals surface area contributed by atoms with E-state index in [0.717, 1.165) is 28.2 Å². The number of hydrogen-bond acceptors (Lipinski definition) is 4. The van der Waals surface area contributed by atoms with Crippen LogP contribution in [0.2, 0.25) is 0 Å². The average Bonchev–Trinajstić information content (AvgIpc) is 2.92. The van der Waals surface area contributed by atoms with Crippen LogP contribution in [0.15, 0.2) is 48.5 Å². The van der Waals surface area contributed by atoms with Gasteiger partial charge in [-0.1, -0.05) is 42.0 Å². The normalized spacial score (nSPS) is 10.9. The molecule has 124 valence electrons. The van der Waals surface area contributed by atoms with Crippen molar-refractivity contribution in [1.82, 2.24) is 9.55 Å². The van der Waals surface area contributed by atoms with Gasteiger partial charge in [0, 0.05) is 0 Å². The zero-order valence-electron chi connectivity index (χ0n) is 13.9. The van der Waals surface area contributed by atoms with Crippen LogP contribution < -0.4 is 0 Å². The van der Waals surface area contributed by atoms with Crippen molar-refractivity contribution in [2.24, 2.45) is 0 Å². The lowest BCUT2D eigenvalue weighted by atomic mass is 10.2. The minimum atomic E-state index is -0.249. The summed E-state index contributed by atoms with van der Waals surface area (Å²) in [5.41, 5.74) is 4.06. The first-order valence-electron chi connectivity index (χ1n) is 7.81. The molecule has 2 aromatic carbocycles. The van der Waals surface area contributed by atoms with E-state index in [4.69, 9.17) is 4.74 Å². The van der Waals surface area contributed by atoms with Crippen molar-refractivity contribution in [1.29, 1.82) is 0 Å². The smallest absolute Gasteiger partial charge is 0.326 e. The Hall–Kier alpha value is -2.27. The Labute approximate surface area is 145 Å². The third-order valence-corrected chi connectivity index (χ3v) is 4.36. The molecule has 0 spiro atoms. The number of rotatable bonds is 6. The van der Waals surface area contributed by atoms with E-state index in [2.05, 4.69) is 4.98 Å². The molecule has 0 saturated heterocycles. The highest BCUT2D eigenvalue weighted by molar-refractivity contribution is 7.97. The predicted octanol–water partition coefficient (Wildman–Crippen LogP) is 3.95. The summed E-state index contributed by atoms with van der Waals surface area (Å²) in [6.45, 7) is 2.51.